The maximum absolute atomic E-state index is 10.5. The molecule has 0 bridgehead atoms. The third kappa shape index (κ3) is 5.39. The fourth-order valence-corrected chi connectivity index (χ4v) is 2.78. The molecule has 1 aliphatic rings. The molecule has 0 unspecified atom stereocenters. The normalized spacial score (nSPS) is 16.6. The van der Waals surface area contributed by atoms with Gasteiger partial charge in [0.1, 0.15) is 5.75 Å². The molecule has 0 saturated heterocycles. The van der Waals surface area contributed by atoms with Crippen molar-refractivity contribution < 1.29 is 14.6 Å². The van der Waals surface area contributed by atoms with Gasteiger partial charge in [-0.25, -0.2) is 0 Å². The lowest BCUT2D eigenvalue weighted by atomic mass is 9.84. The average Bonchev–Trinajstić information content (AvgIpc) is 2.52. The van der Waals surface area contributed by atoms with Crippen LogP contribution in [0.2, 0.25) is 0 Å². The lowest BCUT2D eigenvalue weighted by Gasteiger charge is -2.24. The van der Waals surface area contributed by atoms with E-state index in [4.69, 9.17) is 9.84 Å². The van der Waals surface area contributed by atoms with Crippen LogP contribution >= 0.6 is 0 Å². The fraction of sp³-hybridized carbons (Fsp3) is 0.526. The van der Waals surface area contributed by atoms with E-state index >= 15 is 0 Å². The van der Waals surface area contributed by atoms with Gasteiger partial charge in [0.2, 0.25) is 0 Å². The Morgan fingerprint density at radius 3 is 3.00 bits per heavy atom. The summed E-state index contributed by atoms with van der Waals surface area (Å²) in [5, 5.41) is 11.9. The summed E-state index contributed by atoms with van der Waals surface area (Å²) in [6.07, 6.45) is 5.62. The highest BCUT2D eigenvalue weighted by Gasteiger charge is 2.18. The van der Waals surface area contributed by atoms with Gasteiger partial charge in [0.25, 0.3) is 0 Å². The predicted octanol–water partition coefficient (Wildman–Crippen LogP) is 3.51. The molecule has 0 heterocycles. The summed E-state index contributed by atoms with van der Waals surface area (Å²) in [4.78, 5) is 10.5. The van der Waals surface area contributed by atoms with Gasteiger partial charge in [-0.05, 0) is 42.0 Å². The molecule has 0 saturated carbocycles. The maximum atomic E-state index is 10.5. The number of hydrogen-bond acceptors (Lipinski definition) is 3. The lowest BCUT2D eigenvalue weighted by Crippen LogP contribution is -2.24. The number of carboxylic acid groups (broad SMARTS) is 1. The minimum atomic E-state index is -0.760. The molecule has 1 aliphatic carbocycles. The largest absolute Gasteiger partial charge is 0.494 e. The zero-order valence-electron chi connectivity index (χ0n) is 14.1. The molecule has 0 aliphatic heterocycles. The maximum Gasteiger partial charge on any atom is 0.304 e. The van der Waals surface area contributed by atoms with Crippen LogP contribution in [0.1, 0.15) is 44.2 Å². The molecule has 0 spiro atoms. The van der Waals surface area contributed by atoms with Gasteiger partial charge in [-0.15, -0.1) is 0 Å². The fourth-order valence-electron chi connectivity index (χ4n) is 2.78. The SMILES string of the molecule is CCCCOc1ccc2c(c1)C[C@@H](C)C(CNCCC(=O)O)=C2. The first-order valence-electron chi connectivity index (χ1n) is 8.49. The summed E-state index contributed by atoms with van der Waals surface area (Å²) in [5.74, 6) is 0.663. The van der Waals surface area contributed by atoms with Crippen molar-refractivity contribution in [3.63, 3.8) is 0 Å². The standard InChI is InChI=1S/C19H27NO3/c1-3-4-9-23-18-6-5-15-11-17(13-20-8-7-19(21)22)14(2)10-16(15)12-18/h5-6,11-12,14,20H,3-4,7-10,13H2,1-2H3,(H,21,22)/t14-/m1/s1. The quantitative estimate of drug-likeness (QED) is 0.684. The summed E-state index contributed by atoms with van der Waals surface area (Å²) in [7, 11) is 0. The van der Waals surface area contributed by atoms with Gasteiger partial charge in [-0.2, -0.15) is 0 Å². The van der Waals surface area contributed by atoms with Crippen LogP contribution in [0.4, 0.5) is 0 Å². The number of benzene rings is 1. The summed E-state index contributed by atoms with van der Waals surface area (Å²) in [5.41, 5.74) is 3.92. The van der Waals surface area contributed by atoms with Gasteiger partial charge in [0, 0.05) is 13.1 Å². The van der Waals surface area contributed by atoms with Crippen LogP contribution in [0.15, 0.2) is 23.8 Å². The van der Waals surface area contributed by atoms with Crippen LogP contribution in [0.5, 0.6) is 5.75 Å². The molecule has 4 nitrogen and oxygen atoms in total. The van der Waals surface area contributed by atoms with Crippen molar-refractivity contribution in [2.75, 3.05) is 19.7 Å². The van der Waals surface area contributed by atoms with E-state index in [9.17, 15) is 4.79 Å². The van der Waals surface area contributed by atoms with Crippen LogP contribution in [0, 0.1) is 5.92 Å². The summed E-state index contributed by atoms with van der Waals surface area (Å²) < 4.78 is 5.79. The minimum absolute atomic E-state index is 0.163. The second kappa shape index (κ2) is 8.73. The highest BCUT2D eigenvalue weighted by Crippen LogP contribution is 2.30. The van der Waals surface area contributed by atoms with Crippen LogP contribution in [0.3, 0.4) is 0 Å². The van der Waals surface area contributed by atoms with Crippen LogP contribution < -0.4 is 10.1 Å². The zero-order valence-corrected chi connectivity index (χ0v) is 14.1. The highest BCUT2D eigenvalue weighted by molar-refractivity contribution is 5.67. The topological polar surface area (TPSA) is 58.6 Å². The molecule has 126 valence electrons. The lowest BCUT2D eigenvalue weighted by molar-refractivity contribution is -0.136. The Hall–Kier alpha value is -1.81. The Morgan fingerprint density at radius 1 is 1.43 bits per heavy atom. The summed E-state index contributed by atoms with van der Waals surface area (Å²) in [6.45, 7) is 6.42. The molecule has 2 N–H and O–H groups in total. The van der Waals surface area contributed by atoms with Crippen molar-refractivity contribution in [1.82, 2.24) is 5.32 Å². The number of ether oxygens (including phenoxy) is 1. The first kappa shape index (κ1) is 17.5. The Bertz CT molecular complexity index is 566. The smallest absolute Gasteiger partial charge is 0.304 e. The Balaban J connectivity index is 1.96. The van der Waals surface area contributed by atoms with Crippen molar-refractivity contribution in [2.24, 2.45) is 5.92 Å². The number of hydrogen-bond donors (Lipinski definition) is 2. The van der Waals surface area contributed by atoms with E-state index in [0.29, 0.717) is 12.5 Å². The zero-order chi connectivity index (χ0) is 16.7. The van der Waals surface area contributed by atoms with Crippen molar-refractivity contribution in [3.8, 4) is 5.75 Å². The molecule has 1 aromatic carbocycles. The molecule has 0 fully saturated rings. The van der Waals surface area contributed by atoms with E-state index in [1.165, 1.54) is 16.7 Å². The van der Waals surface area contributed by atoms with E-state index < -0.39 is 5.97 Å². The average molecular weight is 317 g/mol. The van der Waals surface area contributed by atoms with Gasteiger partial charge in [-0.1, -0.05) is 38.0 Å². The van der Waals surface area contributed by atoms with Crippen molar-refractivity contribution in [2.45, 2.75) is 39.5 Å². The van der Waals surface area contributed by atoms with Gasteiger partial charge >= 0.3 is 5.97 Å². The Morgan fingerprint density at radius 2 is 2.26 bits per heavy atom. The number of carbonyl (C=O) groups is 1. The van der Waals surface area contributed by atoms with E-state index in [2.05, 4.69) is 37.4 Å². The molecule has 1 atom stereocenters. The van der Waals surface area contributed by atoms with E-state index in [0.717, 1.165) is 38.2 Å². The van der Waals surface area contributed by atoms with Crippen molar-refractivity contribution in [3.05, 3.63) is 34.9 Å². The summed E-state index contributed by atoms with van der Waals surface area (Å²) >= 11 is 0. The van der Waals surface area contributed by atoms with Gasteiger partial charge in [0.05, 0.1) is 13.0 Å². The molecule has 23 heavy (non-hydrogen) atoms. The van der Waals surface area contributed by atoms with Crippen LogP contribution in [-0.4, -0.2) is 30.8 Å². The highest BCUT2D eigenvalue weighted by atomic mass is 16.5. The third-order valence-corrected chi connectivity index (χ3v) is 4.23. The van der Waals surface area contributed by atoms with Crippen LogP contribution in [-0.2, 0) is 11.2 Å². The first-order valence-corrected chi connectivity index (χ1v) is 8.49. The van der Waals surface area contributed by atoms with E-state index in [1.54, 1.807) is 0 Å². The summed E-state index contributed by atoms with van der Waals surface area (Å²) in [6, 6.07) is 6.32. The third-order valence-electron chi connectivity index (χ3n) is 4.23. The van der Waals surface area contributed by atoms with Gasteiger partial charge in [-0.3, -0.25) is 4.79 Å². The number of nitrogens with one attached hydrogen (secondary N) is 1. The van der Waals surface area contributed by atoms with E-state index in [1.807, 2.05) is 6.07 Å². The van der Waals surface area contributed by atoms with Crippen molar-refractivity contribution >= 4 is 12.0 Å². The molecular formula is C19H27NO3. The van der Waals surface area contributed by atoms with Crippen molar-refractivity contribution in [1.29, 1.82) is 0 Å². The predicted molar refractivity (Wildman–Crippen MR) is 92.8 cm³/mol. The number of unbranched alkanes of at least 4 members (excludes halogenated alkanes) is 1. The number of carboxylic acids is 1. The first-order chi connectivity index (χ1) is 11.1. The number of aliphatic carboxylic acids is 1. The Kier molecular flexibility index (Phi) is 6.66. The Labute approximate surface area is 138 Å². The second-order valence-corrected chi connectivity index (χ2v) is 6.21. The van der Waals surface area contributed by atoms with Crippen LogP contribution in [0.25, 0.3) is 6.08 Å². The molecule has 1 aromatic rings. The minimum Gasteiger partial charge on any atom is -0.494 e. The van der Waals surface area contributed by atoms with E-state index in [-0.39, 0.29) is 6.42 Å². The van der Waals surface area contributed by atoms with Gasteiger partial charge in [0.15, 0.2) is 0 Å². The molecular weight excluding hydrogens is 290 g/mol. The molecule has 0 amide bonds. The molecule has 2 rings (SSSR count). The monoisotopic (exact) mass is 317 g/mol. The number of fused-ring (bicyclic) bond motifs is 1. The molecule has 0 radical (unpaired) electrons. The number of rotatable bonds is 9. The molecule has 4 heteroatoms. The van der Waals surface area contributed by atoms with Gasteiger partial charge < -0.3 is 15.2 Å². The molecule has 0 aromatic heterocycles. The second-order valence-electron chi connectivity index (χ2n) is 6.21.